The minimum absolute atomic E-state index is 0.00295. The van der Waals surface area contributed by atoms with Gasteiger partial charge in [-0.25, -0.2) is 14.1 Å². The van der Waals surface area contributed by atoms with Gasteiger partial charge < -0.3 is 15.3 Å². The number of aromatic hydroxyl groups is 2. The minimum Gasteiger partial charge on any atom is -0.507 e. The van der Waals surface area contributed by atoms with Crippen molar-refractivity contribution in [2.75, 3.05) is 4.90 Å². The van der Waals surface area contributed by atoms with Gasteiger partial charge in [0.15, 0.2) is 23.1 Å². The molecule has 0 radical (unpaired) electrons. The molecule has 1 saturated heterocycles. The fraction of sp³-hybridized carbons (Fsp3) is 0.207. The zero-order valence-corrected chi connectivity index (χ0v) is 22.0. The predicted molar refractivity (Wildman–Crippen MR) is 140 cm³/mol. The van der Waals surface area contributed by atoms with Crippen LogP contribution in [0.5, 0.6) is 11.5 Å². The first-order chi connectivity index (χ1) is 19.0. The summed E-state index contributed by atoms with van der Waals surface area (Å²) in [7, 11) is 0. The van der Waals surface area contributed by atoms with Gasteiger partial charge in [0.25, 0.3) is 0 Å². The third-order valence-corrected chi connectivity index (χ3v) is 8.70. The van der Waals surface area contributed by atoms with Gasteiger partial charge >= 0.3 is 5.97 Å². The maximum Gasteiger partial charge on any atom is 0.339 e. The standard InChI is InChI=1S/C29H19BrFNO8/c30-18-10-22(35)25-17(26(18)36)9-16-13(23(25)11-1-6-20(33)19(31)7-11)4-5-15-24(16)28(38)32(27(15)37)12-2-3-14(29(39)40)21(34)8-12/h1-4,6-8,10,15-16,23-24,33-34H,5,9H2,(H,39,40). The van der Waals surface area contributed by atoms with Gasteiger partial charge in [0.2, 0.25) is 11.8 Å². The van der Waals surface area contributed by atoms with Gasteiger partial charge in [0, 0.05) is 29.2 Å². The summed E-state index contributed by atoms with van der Waals surface area (Å²) in [5.41, 5.74) is 0.872. The van der Waals surface area contributed by atoms with Crippen molar-refractivity contribution in [2.24, 2.45) is 17.8 Å². The molecule has 2 amide bonds. The van der Waals surface area contributed by atoms with Crippen LogP contribution >= 0.6 is 15.9 Å². The van der Waals surface area contributed by atoms with Crippen molar-refractivity contribution in [3.05, 3.63) is 86.7 Å². The van der Waals surface area contributed by atoms with E-state index in [1.165, 1.54) is 12.1 Å². The Morgan fingerprint density at radius 2 is 1.73 bits per heavy atom. The molecule has 11 heteroatoms. The number of carbonyl (C=O) groups excluding carboxylic acids is 4. The molecule has 40 heavy (non-hydrogen) atoms. The summed E-state index contributed by atoms with van der Waals surface area (Å²) in [5, 5.41) is 29.1. The van der Waals surface area contributed by atoms with Crippen molar-refractivity contribution in [2.45, 2.75) is 18.8 Å². The molecule has 9 nitrogen and oxygen atoms in total. The number of carbonyl (C=O) groups is 5. The van der Waals surface area contributed by atoms with Crippen molar-refractivity contribution < 1.29 is 43.7 Å². The number of carboxylic acid groups (broad SMARTS) is 1. The monoisotopic (exact) mass is 607 g/mol. The normalized spacial score (nSPS) is 25.8. The third kappa shape index (κ3) is 3.68. The Morgan fingerprint density at radius 1 is 0.975 bits per heavy atom. The molecule has 202 valence electrons. The fourth-order valence-corrected chi connectivity index (χ4v) is 6.83. The molecule has 0 spiro atoms. The fourth-order valence-electron chi connectivity index (χ4n) is 6.38. The van der Waals surface area contributed by atoms with Crippen LogP contribution in [-0.4, -0.2) is 44.7 Å². The van der Waals surface area contributed by atoms with E-state index in [2.05, 4.69) is 15.9 Å². The number of imide groups is 1. The van der Waals surface area contributed by atoms with E-state index in [0.29, 0.717) is 11.1 Å². The number of phenolic OH excluding ortho intramolecular Hbond substituents is 1. The summed E-state index contributed by atoms with van der Waals surface area (Å²) >= 11 is 3.14. The van der Waals surface area contributed by atoms with Crippen LogP contribution in [0.4, 0.5) is 10.1 Å². The molecule has 6 rings (SSSR count). The van der Waals surface area contributed by atoms with Crippen molar-refractivity contribution >= 4 is 51.0 Å². The largest absolute Gasteiger partial charge is 0.507 e. The second kappa shape index (κ2) is 9.09. The van der Waals surface area contributed by atoms with E-state index < -0.39 is 70.3 Å². The number of allylic oxidation sites excluding steroid dienone is 6. The Morgan fingerprint density at radius 3 is 2.40 bits per heavy atom. The molecule has 0 bridgehead atoms. The summed E-state index contributed by atoms with van der Waals surface area (Å²) < 4.78 is 14.5. The van der Waals surface area contributed by atoms with Crippen LogP contribution in [0, 0.1) is 23.6 Å². The van der Waals surface area contributed by atoms with E-state index >= 15 is 0 Å². The maximum absolute atomic E-state index is 14.5. The van der Waals surface area contributed by atoms with Gasteiger partial charge in [-0.1, -0.05) is 17.7 Å². The summed E-state index contributed by atoms with van der Waals surface area (Å²) in [6.07, 6.45) is 3.06. The van der Waals surface area contributed by atoms with Crippen LogP contribution in [-0.2, 0) is 19.2 Å². The smallest absolute Gasteiger partial charge is 0.339 e. The third-order valence-electron chi connectivity index (χ3n) is 8.11. The number of rotatable bonds is 3. The second-order valence-electron chi connectivity index (χ2n) is 10.1. The number of amides is 2. The van der Waals surface area contributed by atoms with Gasteiger partial charge in [0.1, 0.15) is 11.3 Å². The number of halogens is 2. The number of benzene rings is 2. The van der Waals surface area contributed by atoms with Crippen molar-refractivity contribution in [3.63, 3.8) is 0 Å². The molecule has 0 saturated carbocycles. The lowest BCUT2D eigenvalue weighted by Gasteiger charge is -2.42. The Kier molecular flexibility index (Phi) is 5.88. The lowest BCUT2D eigenvalue weighted by Crippen LogP contribution is -2.39. The Hall–Kier alpha value is -4.38. The topological polar surface area (TPSA) is 149 Å². The van der Waals surface area contributed by atoms with Crippen LogP contribution in [0.25, 0.3) is 0 Å². The number of hydrogen-bond acceptors (Lipinski definition) is 7. The highest BCUT2D eigenvalue weighted by atomic mass is 79.9. The van der Waals surface area contributed by atoms with Crippen LogP contribution in [0.15, 0.2) is 69.8 Å². The number of carboxylic acids is 1. The Balaban J connectivity index is 1.46. The first-order valence-electron chi connectivity index (χ1n) is 12.3. The average molecular weight is 608 g/mol. The summed E-state index contributed by atoms with van der Waals surface area (Å²) in [6.45, 7) is 0. The van der Waals surface area contributed by atoms with Crippen molar-refractivity contribution in [1.82, 2.24) is 0 Å². The predicted octanol–water partition coefficient (Wildman–Crippen LogP) is 3.90. The van der Waals surface area contributed by atoms with E-state index in [-0.39, 0.29) is 39.7 Å². The van der Waals surface area contributed by atoms with Crippen LogP contribution in [0.3, 0.4) is 0 Å². The summed E-state index contributed by atoms with van der Waals surface area (Å²) in [6, 6.07) is 7.10. The van der Waals surface area contributed by atoms with Gasteiger partial charge in [-0.05, 0) is 64.5 Å². The van der Waals surface area contributed by atoms with Crippen molar-refractivity contribution in [1.29, 1.82) is 0 Å². The Labute approximate surface area is 234 Å². The first-order valence-corrected chi connectivity index (χ1v) is 13.1. The van der Waals surface area contributed by atoms with E-state index in [9.17, 15) is 43.7 Å². The van der Waals surface area contributed by atoms with Gasteiger partial charge in [0.05, 0.1) is 22.0 Å². The number of anilines is 1. The zero-order valence-electron chi connectivity index (χ0n) is 20.4. The molecule has 0 aromatic heterocycles. The van der Waals surface area contributed by atoms with Crippen LogP contribution in [0.1, 0.15) is 34.7 Å². The molecule has 1 fully saturated rings. The number of Topliss-reactive ketones (excluding diaryl/α,β-unsaturated/α-hetero) is 1. The number of ketones is 2. The van der Waals surface area contributed by atoms with Gasteiger partial charge in [-0.3, -0.25) is 19.2 Å². The molecule has 1 heterocycles. The Bertz CT molecular complexity index is 1690. The maximum atomic E-state index is 14.5. The van der Waals surface area contributed by atoms with E-state index in [1.54, 1.807) is 6.08 Å². The molecule has 4 atom stereocenters. The summed E-state index contributed by atoms with van der Waals surface area (Å²) in [5.74, 6) is -8.75. The number of nitrogens with zero attached hydrogens (tertiary/aromatic N) is 1. The highest BCUT2D eigenvalue weighted by Crippen LogP contribution is 2.55. The molecule has 3 N–H and O–H groups in total. The molecule has 4 aliphatic rings. The van der Waals surface area contributed by atoms with E-state index in [4.69, 9.17) is 0 Å². The average Bonchev–Trinajstić information content (AvgIpc) is 3.17. The molecular formula is C29H19BrFNO8. The second-order valence-corrected chi connectivity index (χ2v) is 11.0. The number of phenols is 2. The zero-order chi connectivity index (χ0) is 28.6. The number of fused-ring (bicyclic) bond motifs is 3. The highest BCUT2D eigenvalue weighted by molar-refractivity contribution is 9.12. The quantitative estimate of drug-likeness (QED) is 0.270. The molecule has 1 aliphatic heterocycles. The molecule has 4 unspecified atom stereocenters. The number of aromatic carboxylic acids is 1. The van der Waals surface area contributed by atoms with E-state index in [0.717, 1.165) is 35.2 Å². The van der Waals surface area contributed by atoms with Gasteiger partial charge in [-0.15, -0.1) is 0 Å². The highest BCUT2D eigenvalue weighted by Gasteiger charge is 2.56. The van der Waals surface area contributed by atoms with E-state index in [1.807, 2.05) is 0 Å². The first kappa shape index (κ1) is 25.9. The SMILES string of the molecule is O=C1C=C(Br)C(=O)C2=C1C(c1ccc(O)c(F)c1)C1=CCC3C(=O)N(c4ccc(C(=O)O)c(O)c4)C(=O)C3C1C2. The van der Waals surface area contributed by atoms with Crippen molar-refractivity contribution in [3.8, 4) is 11.5 Å². The molecular weight excluding hydrogens is 589 g/mol. The summed E-state index contributed by atoms with van der Waals surface area (Å²) in [4.78, 5) is 66.0. The van der Waals surface area contributed by atoms with Gasteiger partial charge in [-0.2, -0.15) is 0 Å². The van der Waals surface area contributed by atoms with Crippen LogP contribution in [0.2, 0.25) is 0 Å². The van der Waals surface area contributed by atoms with Crippen LogP contribution < -0.4 is 4.90 Å². The molecule has 2 aromatic rings. The molecule has 2 aromatic carbocycles. The lowest BCUT2D eigenvalue weighted by molar-refractivity contribution is -0.123. The number of hydrogen-bond donors (Lipinski definition) is 3. The minimum atomic E-state index is -1.37. The lowest BCUT2D eigenvalue weighted by atomic mass is 9.59. The molecule has 3 aliphatic carbocycles.